The minimum atomic E-state index is 0.259. The largest absolute Gasteiger partial charge is 0.464 e. The average Bonchev–Trinajstić information content (AvgIpc) is 2.82. The van der Waals surface area contributed by atoms with Gasteiger partial charge in [-0.15, -0.1) is 0 Å². The maximum atomic E-state index is 11.8. The van der Waals surface area contributed by atoms with Gasteiger partial charge < -0.3 is 4.42 Å². The maximum Gasteiger partial charge on any atom is 0.163 e. The summed E-state index contributed by atoms with van der Waals surface area (Å²) in [5.74, 6) is 1.11. The molecule has 1 aromatic carbocycles. The highest BCUT2D eigenvalue weighted by Crippen LogP contribution is 2.31. The molecule has 1 aliphatic carbocycles. The van der Waals surface area contributed by atoms with Gasteiger partial charge in [0.25, 0.3) is 0 Å². The molecule has 0 atom stereocenters. The van der Waals surface area contributed by atoms with Crippen molar-refractivity contribution in [2.24, 2.45) is 0 Å². The quantitative estimate of drug-likeness (QED) is 0.724. The van der Waals surface area contributed by atoms with Crippen LogP contribution in [-0.2, 0) is 6.42 Å². The number of rotatable bonds is 1. The van der Waals surface area contributed by atoms with Gasteiger partial charge in [0, 0.05) is 17.5 Å². The minimum absolute atomic E-state index is 0.259. The molecule has 0 amide bonds. The molecule has 2 heteroatoms. The van der Waals surface area contributed by atoms with E-state index in [-0.39, 0.29) is 5.78 Å². The Balaban J connectivity index is 2.20. The van der Waals surface area contributed by atoms with E-state index in [1.165, 1.54) is 0 Å². The van der Waals surface area contributed by atoms with Gasteiger partial charge in [-0.3, -0.25) is 4.79 Å². The summed E-state index contributed by atoms with van der Waals surface area (Å²) < 4.78 is 5.41. The third-order valence-corrected chi connectivity index (χ3v) is 3.09. The van der Waals surface area contributed by atoms with Crippen LogP contribution >= 0.6 is 0 Å². The number of carbonyl (C=O) groups is 1. The van der Waals surface area contributed by atoms with Crippen molar-refractivity contribution in [3.8, 4) is 11.3 Å². The van der Waals surface area contributed by atoms with E-state index in [0.717, 1.165) is 35.3 Å². The molecule has 16 heavy (non-hydrogen) atoms. The predicted octanol–water partition coefficient (Wildman–Crippen LogP) is 3.47. The smallest absolute Gasteiger partial charge is 0.163 e. The van der Waals surface area contributed by atoms with Crippen molar-refractivity contribution in [2.75, 3.05) is 0 Å². The highest BCUT2D eigenvalue weighted by Gasteiger charge is 2.20. The molecule has 0 saturated heterocycles. The number of fused-ring (bicyclic) bond motifs is 1. The second-order valence-corrected chi connectivity index (χ2v) is 4.09. The van der Waals surface area contributed by atoms with E-state index < -0.39 is 0 Å². The second-order valence-electron chi connectivity index (χ2n) is 4.09. The van der Waals surface area contributed by atoms with Crippen LogP contribution in [0.2, 0.25) is 0 Å². The standard InChI is InChI=1S/C14H12O2/c15-13-7-2-4-10-11(13)5-1-6-12(10)14-8-3-9-16-14/h1,3,5-6,8-9H,2,4,7H2. The Morgan fingerprint density at radius 3 is 2.69 bits per heavy atom. The van der Waals surface area contributed by atoms with Gasteiger partial charge in [0.05, 0.1) is 6.26 Å². The van der Waals surface area contributed by atoms with Crippen LogP contribution in [0.4, 0.5) is 0 Å². The van der Waals surface area contributed by atoms with Gasteiger partial charge in [-0.1, -0.05) is 18.2 Å². The number of Topliss-reactive ketones (excluding diaryl/α,β-unsaturated/α-hetero) is 1. The highest BCUT2D eigenvalue weighted by molar-refractivity contribution is 6.00. The molecule has 1 aliphatic rings. The normalized spacial score (nSPS) is 14.9. The van der Waals surface area contributed by atoms with Crippen molar-refractivity contribution in [1.29, 1.82) is 0 Å². The lowest BCUT2D eigenvalue weighted by Gasteiger charge is -2.17. The summed E-state index contributed by atoms with van der Waals surface area (Å²) in [6.07, 6.45) is 4.26. The Bertz CT molecular complexity index is 524. The predicted molar refractivity (Wildman–Crippen MR) is 61.4 cm³/mol. The lowest BCUT2D eigenvalue weighted by Crippen LogP contribution is -2.11. The van der Waals surface area contributed by atoms with Gasteiger partial charge in [-0.2, -0.15) is 0 Å². The topological polar surface area (TPSA) is 30.2 Å². The molecular formula is C14H12O2. The Labute approximate surface area is 93.9 Å². The third-order valence-electron chi connectivity index (χ3n) is 3.09. The molecule has 0 N–H and O–H groups in total. The van der Waals surface area contributed by atoms with E-state index in [4.69, 9.17) is 4.42 Å². The van der Waals surface area contributed by atoms with Crippen LogP contribution in [0.3, 0.4) is 0 Å². The Kier molecular flexibility index (Phi) is 2.13. The molecule has 2 nitrogen and oxygen atoms in total. The van der Waals surface area contributed by atoms with Crippen LogP contribution in [0.5, 0.6) is 0 Å². The van der Waals surface area contributed by atoms with Crippen LogP contribution < -0.4 is 0 Å². The highest BCUT2D eigenvalue weighted by atomic mass is 16.3. The SMILES string of the molecule is O=C1CCCc2c1cccc2-c1ccco1. The van der Waals surface area contributed by atoms with E-state index in [2.05, 4.69) is 0 Å². The summed E-state index contributed by atoms with van der Waals surface area (Å²) in [6.45, 7) is 0. The van der Waals surface area contributed by atoms with Crippen molar-refractivity contribution in [1.82, 2.24) is 0 Å². The number of carbonyl (C=O) groups excluding carboxylic acids is 1. The third kappa shape index (κ3) is 1.38. The molecule has 2 aromatic rings. The summed E-state index contributed by atoms with van der Waals surface area (Å²) in [5.41, 5.74) is 3.09. The van der Waals surface area contributed by atoms with E-state index in [1.54, 1.807) is 6.26 Å². The zero-order valence-electron chi connectivity index (χ0n) is 8.90. The lowest BCUT2D eigenvalue weighted by molar-refractivity contribution is 0.0972. The summed E-state index contributed by atoms with van der Waals surface area (Å²) in [6, 6.07) is 9.69. The Morgan fingerprint density at radius 1 is 1.00 bits per heavy atom. The molecule has 0 fully saturated rings. The van der Waals surface area contributed by atoms with Gasteiger partial charge >= 0.3 is 0 Å². The van der Waals surface area contributed by atoms with Gasteiger partial charge in [-0.05, 0) is 30.5 Å². The summed E-state index contributed by atoms with van der Waals surface area (Å²) >= 11 is 0. The van der Waals surface area contributed by atoms with Gasteiger partial charge in [-0.25, -0.2) is 0 Å². The zero-order chi connectivity index (χ0) is 11.0. The van der Waals surface area contributed by atoms with Crippen molar-refractivity contribution < 1.29 is 9.21 Å². The van der Waals surface area contributed by atoms with Crippen molar-refractivity contribution >= 4 is 5.78 Å². The molecule has 3 rings (SSSR count). The first-order valence-corrected chi connectivity index (χ1v) is 5.55. The molecule has 0 saturated carbocycles. The van der Waals surface area contributed by atoms with Crippen LogP contribution in [0.25, 0.3) is 11.3 Å². The first-order valence-electron chi connectivity index (χ1n) is 5.55. The molecular weight excluding hydrogens is 200 g/mol. The number of ketones is 1. The van der Waals surface area contributed by atoms with E-state index >= 15 is 0 Å². The Morgan fingerprint density at radius 2 is 1.88 bits per heavy atom. The Hall–Kier alpha value is -1.83. The van der Waals surface area contributed by atoms with Crippen molar-refractivity contribution in [3.63, 3.8) is 0 Å². The first kappa shape index (κ1) is 9.40. The van der Waals surface area contributed by atoms with Gasteiger partial charge in [0.15, 0.2) is 5.78 Å². The van der Waals surface area contributed by atoms with Gasteiger partial charge in [0.1, 0.15) is 5.76 Å². The molecule has 1 aromatic heterocycles. The number of hydrogen-bond acceptors (Lipinski definition) is 2. The maximum absolute atomic E-state index is 11.8. The lowest BCUT2D eigenvalue weighted by atomic mass is 9.87. The van der Waals surface area contributed by atoms with E-state index in [0.29, 0.717) is 6.42 Å². The van der Waals surface area contributed by atoms with E-state index in [9.17, 15) is 4.79 Å². The fourth-order valence-electron chi connectivity index (χ4n) is 2.34. The second kappa shape index (κ2) is 3.63. The molecule has 0 radical (unpaired) electrons. The van der Waals surface area contributed by atoms with Crippen LogP contribution in [0, 0.1) is 0 Å². The zero-order valence-corrected chi connectivity index (χ0v) is 8.90. The molecule has 80 valence electrons. The molecule has 0 unspecified atom stereocenters. The monoisotopic (exact) mass is 212 g/mol. The first-order chi connectivity index (χ1) is 7.86. The minimum Gasteiger partial charge on any atom is -0.464 e. The molecule has 0 spiro atoms. The summed E-state index contributed by atoms with van der Waals surface area (Å²) in [7, 11) is 0. The number of furan rings is 1. The molecule has 1 heterocycles. The fourth-order valence-corrected chi connectivity index (χ4v) is 2.34. The van der Waals surface area contributed by atoms with Crippen molar-refractivity contribution in [3.05, 3.63) is 47.7 Å². The number of hydrogen-bond donors (Lipinski definition) is 0. The summed E-state index contributed by atoms with van der Waals surface area (Å²) in [5, 5.41) is 0. The van der Waals surface area contributed by atoms with Crippen LogP contribution in [-0.4, -0.2) is 5.78 Å². The van der Waals surface area contributed by atoms with Crippen LogP contribution in [0.1, 0.15) is 28.8 Å². The fraction of sp³-hybridized carbons (Fsp3) is 0.214. The van der Waals surface area contributed by atoms with Crippen molar-refractivity contribution in [2.45, 2.75) is 19.3 Å². The van der Waals surface area contributed by atoms with E-state index in [1.807, 2.05) is 30.3 Å². The summed E-state index contributed by atoms with van der Waals surface area (Å²) in [4.78, 5) is 11.8. The number of benzene rings is 1. The molecule has 0 bridgehead atoms. The molecule has 0 aliphatic heterocycles. The average molecular weight is 212 g/mol. The van der Waals surface area contributed by atoms with Crippen LogP contribution in [0.15, 0.2) is 41.0 Å². The van der Waals surface area contributed by atoms with Gasteiger partial charge in [0.2, 0.25) is 0 Å².